The molecule has 0 aromatic heterocycles. The van der Waals surface area contributed by atoms with Gasteiger partial charge in [0.25, 0.3) is 0 Å². The van der Waals surface area contributed by atoms with Crippen molar-refractivity contribution in [3.8, 4) is 0 Å². The first-order chi connectivity index (χ1) is 18.4. The minimum Gasteiger partial charge on any atom is -0.440 e. The van der Waals surface area contributed by atoms with Crippen molar-refractivity contribution in [2.75, 3.05) is 38.2 Å². The predicted octanol–water partition coefficient (Wildman–Crippen LogP) is 6.10. The van der Waals surface area contributed by atoms with E-state index in [1.165, 1.54) is 38.5 Å². The Labute approximate surface area is 228 Å². The summed E-state index contributed by atoms with van der Waals surface area (Å²) in [5.41, 5.74) is 0.680. The molecule has 1 aromatic rings. The number of ether oxygens (including phenoxy) is 5. The average molecular weight is 533 g/mol. The third-order valence-corrected chi connectivity index (χ3v) is 7.65. The smallest absolute Gasteiger partial charge is 0.412 e. The third kappa shape index (κ3) is 8.15. The Morgan fingerprint density at radius 1 is 1.03 bits per heavy atom. The fourth-order valence-electron chi connectivity index (χ4n) is 5.84. The molecule has 0 spiro atoms. The van der Waals surface area contributed by atoms with Gasteiger partial charge in [-0.15, -0.1) is 0 Å². The number of unbranched alkanes of at least 4 members (excludes halogenated alkanes) is 4. The molecule has 0 bridgehead atoms. The van der Waals surface area contributed by atoms with Crippen LogP contribution in [0.3, 0.4) is 0 Å². The number of carbonyl (C=O) groups is 1. The van der Waals surface area contributed by atoms with Crippen LogP contribution in [-0.2, 0) is 23.7 Å². The lowest BCUT2D eigenvalue weighted by Crippen LogP contribution is -2.46. The highest BCUT2D eigenvalue weighted by Crippen LogP contribution is 2.47. The molecule has 3 fully saturated rings. The van der Waals surface area contributed by atoms with Gasteiger partial charge in [-0.3, -0.25) is 5.32 Å². The summed E-state index contributed by atoms with van der Waals surface area (Å²) in [6.07, 6.45) is 9.38. The Kier molecular flexibility index (Phi) is 10.8. The molecule has 3 aliphatic heterocycles. The van der Waals surface area contributed by atoms with Gasteiger partial charge in [0.05, 0.1) is 0 Å². The summed E-state index contributed by atoms with van der Waals surface area (Å²) in [6, 6.07) is 9.32. The highest BCUT2D eigenvalue weighted by molar-refractivity contribution is 5.84. The molecule has 3 aliphatic rings. The van der Waals surface area contributed by atoms with Gasteiger partial charge in [0.15, 0.2) is 18.0 Å². The monoisotopic (exact) mass is 532 g/mol. The second-order valence-corrected chi connectivity index (χ2v) is 11.4. The standard InChI is InChI=1S/C30H48N2O6/c1-4-5-6-7-14-22-34-23-30-27(37-29(2,3)38-30)26(35-28(33)31-24-16-10-8-11-17-24)25(36-30)18-15-21-32-19-12-9-13-20-32/h8,10-11,16-17,25-27H,4-7,9,12-15,18-23H2,1-3H3,(H,31,33)/t25-,26+,27-,30-/m0/s1. The summed E-state index contributed by atoms with van der Waals surface area (Å²) in [6.45, 7) is 10.2. The van der Waals surface area contributed by atoms with Crippen LogP contribution in [0.1, 0.15) is 85.0 Å². The molecule has 3 saturated heterocycles. The van der Waals surface area contributed by atoms with Crippen molar-refractivity contribution < 1.29 is 28.5 Å². The van der Waals surface area contributed by atoms with Gasteiger partial charge in [-0.25, -0.2) is 4.79 Å². The second-order valence-electron chi connectivity index (χ2n) is 11.4. The molecular weight excluding hydrogens is 484 g/mol. The van der Waals surface area contributed by atoms with Gasteiger partial charge < -0.3 is 28.6 Å². The van der Waals surface area contributed by atoms with Crippen LogP contribution in [0.4, 0.5) is 10.5 Å². The van der Waals surface area contributed by atoms with E-state index in [0.29, 0.717) is 12.3 Å². The van der Waals surface area contributed by atoms with E-state index >= 15 is 0 Å². The Hall–Kier alpha value is -1.71. The first-order valence-electron chi connectivity index (χ1n) is 14.8. The number of rotatable bonds is 14. The molecule has 0 saturated carbocycles. The number of fused-ring (bicyclic) bond motifs is 1. The van der Waals surface area contributed by atoms with E-state index in [1.54, 1.807) is 0 Å². The summed E-state index contributed by atoms with van der Waals surface area (Å²) in [5.74, 6) is -1.97. The highest BCUT2D eigenvalue weighted by Gasteiger charge is 2.66. The van der Waals surface area contributed by atoms with Gasteiger partial charge in [-0.2, -0.15) is 0 Å². The lowest BCUT2D eigenvalue weighted by atomic mass is 10.0. The van der Waals surface area contributed by atoms with E-state index in [1.807, 2.05) is 44.2 Å². The minimum absolute atomic E-state index is 0.248. The Morgan fingerprint density at radius 2 is 1.79 bits per heavy atom. The molecule has 1 aromatic carbocycles. The number of anilines is 1. The molecule has 38 heavy (non-hydrogen) atoms. The molecule has 8 heteroatoms. The van der Waals surface area contributed by atoms with E-state index in [-0.39, 0.29) is 12.7 Å². The lowest BCUT2D eigenvalue weighted by Gasteiger charge is -2.29. The van der Waals surface area contributed by atoms with Crippen molar-refractivity contribution in [1.29, 1.82) is 0 Å². The quantitative estimate of drug-likeness (QED) is 0.290. The second kappa shape index (κ2) is 14.1. The summed E-state index contributed by atoms with van der Waals surface area (Å²) < 4.78 is 31.4. The molecule has 0 aliphatic carbocycles. The third-order valence-electron chi connectivity index (χ3n) is 7.65. The zero-order chi connectivity index (χ0) is 26.8. The topological polar surface area (TPSA) is 78.5 Å². The number of carbonyl (C=O) groups excluding carboxylic acids is 1. The van der Waals surface area contributed by atoms with E-state index in [4.69, 9.17) is 23.7 Å². The number of nitrogens with zero attached hydrogens (tertiary/aromatic N) is 1. The van der Waals surface area contributed by atoms with Crippen molar-refractivity contribution in [2.45, 2.75) is 115 Å². The first-order valence-corrected chi connectivity index (χ1v) is 14.8. The van der Waals surface area contributed by atoms with E-state index < -0.39 is 29.9 Å². The summed E-state index contributed by atoms with van der Waals surface area (Å²) in [7, 11) is 0. The van der Waals surface area contributed by atoms with Crippen LogP contribution in [0.5, 0.6) is 0 Å². The van der Waals surface area contributed by atoms with E-state index in [2.05, 4.69) is 17.1 Å². The molecule has 4 atom stereocenters. The minimum atomic E-state index is -1.10. The normalized spacial score (nSPS) is 28.8. The Balaban J connectivity index is 1.41. The molecule has 3 heterocycles. The molecule has 0 unspecified atom stereocenters. The van der Waals surface area contributed by atoms with Gasteiger partial charge >= 0.3 is 6.09 Å². The van der Waals surface area contributed by atoms with Crippen LogP contribution >= 0.6 is 0 Å². The number of benzene rings is 1. The highest BCUT2D eigenvalue weighted by atomic mass is 16.9. The summed E-state index contributed by atoms with van der Waals surface area (Å²) >= 11 is 0. The van der Waals surface area contributed by atoms with Gasteiger partial charge in [0, 0.05) is 12.3 Å². The van der Waals surface area contributed by atoms with Crippen molar-refractivity contribution >= 4 is 11.8 Å². The van der Waals surface area contributed by atoms with Crippen LogP contribution in [0.2, 0.25) is 0 Å². The molecule has 8 nitrogen and oxygen atoms in total. The zero-order valence-electron chi connectivity index (χ0n) is 23.6. The maximum absolute atomic E-state index is 13.0. The van der Waals surface area contributed by atoms with E-state index in [9.17, 15) is 4.79 Å². The van der Waals surface area contributed by atoms with Gasteiger partial charge in [0.1, 0.15) is 12.7 Å². The maximum Gasteiger partial charge on any atom is 0.412 e. The van der Waals surface area contributed by atoms with Crippen molar-refractivity contribution in [2.24, 2.45) is 0 Å². The number of hydrogen-bond donors (Lipinski definition) is 1. The van der Waals surface area contributed by atoms with Crippen LogP contribution < -0.4 is 5.32 Å². The molecule has 0 radical (unpaired) electrons. The van der Waals surface area contributed by atoms with Gasteiger partial charge in [-0.05, 0) is 77.7 Å². The molecular formula is C30H48N2O6. The first kappa shape index (κ1) is 29.3. The number of para-hydroxylation sites is 1. The number of amides is 1. The average Bonchev–Trinajstić information content (AvgIpc) is 3.31. The molecule has 1 amide bonds. The fourth-order valence-corrected chi connectivity index (χ4v) is 5.84. The van der Waals surface area contributed by atoms with Crippen LogP contribution in [-0.4, -0.2) is 73.7 Å². The lowest BCUT2D eigenvalue weighted by molar-refractivity contribution is -0.278. The van der Waals surface area contributed by atoms with Crippen LogP contribution in [0, 0.1) is 0 Å². The fraction of sp³-hybridized carbons (Fsp3) is 0.767. The Bertz CT molecular complexity index is 846. The number of piperidine rings is 1. The van der Waals surface area contributed by atoms with Crippen molar-refractivity contribution in [3.63, 3.8) is 0 Å². The van der Waals surface area contributed by atoms with Crippen LogP contribution in [0.15, 0.2) is 30.3 Å². The predicted molar refractivity (Wildman–Crippen MR) is 147 cm³/mol. The van der Waals surface area contributed by atoms with Crippen molar-refractivity contribution in [1.82, 2.24) is 4.90 Å². The van der Waals surface area contributed by atoms with Crippen molar-refractivity contribution in [3.05, 3.63) is 30.3 Å². The molecule has 1 N–H and O–H groups in total. The van der Waals surface area contributed by atoms with Gasteiger partial charge in [0.2, 0.25) is 5.79 Å². The Morgan fingerprint density at radius 3 is 2.55 bits per heavy atom. The summed E-state index contributed by atoms with van der Waals surface area (Å²) in [5, 5.41) is 2.83. The molecule has 214 valence electrons. The zero-order valence-corrected chi connectivity index (χ0v) is 23.6. The molecule has 4 rings (SSSR count). The summed E-state index contributed by atoms with van der Waals surface area (Å²) in [4.78, 5) is 15.5. The number of nitrogens with one attached hydrogen (secondary N) is 1. The van der Waals surface area contributed by atoms with Crippen LogP contribution in [0.25, 0.3) is 0 Å². The van der Waals surface area contributed by atoms with E-state index in [0.717, 1.165) is 45.3 Å². The SMILES string of the molecule is CCCCCCCOC[C@@]12O[C@@H](CCCN3CCCCC3)[C@@H](OC(=O)Nc3ccccc3)[C@@H]1OC(C)(C)O2. The largest absolute Gasteiger partial charge is 0.440 e. The maximum atomic E-state index is 13.0. The number of hydrogen-bond acceptors (Lipinski definition) is 7. The number of likely N-dealkylation sites (tertiary alicyclic amines) is 1. The van der Waals surface area contributed by atoms with Gasteiger partial charge in [-0.1, -0.05) is 57.2 Å².